The fourth-order valence-electron chi connectivity index (χ4n) is 3.43. The number of benzene rings is 1. The number of nitrogens with zero attached hydrogens (tertiary/aromatic N) is 2. The maximum atomic E-state index is 12.4. The second-order valence-electron chi connectivity index (χ2n) is 6.59. The maximum absolute atomic E-state index is 12.4. The van der Waals surface area contributed by atoms with Gasteiger partial charge < -0.3 is 10.4 Å². The normalized spacial score (nSPS) is 20.2. The molecule has 2 aromatic rings. The van der Waals surface area contributed by atoms with E-state index in [4.69, 9.17) is 5.11 Å². The zero-order chi connectivity index (χ0) is 17.6. The van der Waals surface area contributed by atoms with Crippen LogP contribution in [0.5, 0.6) is 0 Å². The van der Waals surface area contributed by atoms with E-state index in [1.165, 1.54) is 0 Å². The van der Waals surface area contributed by atoms with Gasteiger partial charge in [-0.05, 0) is 36.5 Å². The summed E-state index contributed by atoms with van der Waals surface area (Å²) < 4.78 is 1.85. The van der Waals surface area contributed by atoms with Crippen LogP contribution >= 0.6 is 0 Å². The first-order valence-corrected chi connectivity index (χ1v) is 8.68. The number of rotatable bonds is 6. The molecule has 2 unspecified atom stereocenters. The molecule has 1 aromatic carbocycles. The molecule has 25 heavy (non-hydrogen) atoms. The summed E-state index contributed by atoms with van der Waals surface area (Å²) >= 11 is 0. The van der Waals surface area contributed by atoms with Crippen LogP contribution in [0.2, 0.25) is 0 Å². The van der Waals surface area contributed by atoms with Gasteiger partial charge in [0.2, 0.25) is 5.91 Å². The van der Waals surface area contributed by atoms with E-state index in [1.54, 1.807) is 6.20 Å². The fourth-order valence-corrected chi connectivity index (χ4v) is 3.43. The lowest BCUT2D eigenvalue weighted by Crippen LogP contribution is -2.35. The van der Waals surface area contributed by atoms with Crippen LogP contribution < -0.4 is 5.32 Å². The van der Waals surface area contributed by atoms with Crippen molar-refractivity contribution in [3.63, 3.8) is 0 Å². The molecule has 0 radical (unpaired) electrons. The summed E-state index contributed by atoms with van der Waals surface area (Å²) in [6.45, 7) is 1.11. The Kier molecular flexibility index (Phi) is 5.48. The number of hydrogen-bond acceptors (Lipinski definition) is 3. The number of aliphatic carboxylic acids is 1. The number of carboxylic acid groups (broad SMARTS) is 1. The zero-order valence-electron chi connectivity index (χ0n) is 14.1. The van der Waals surface area contributed by atoms with Gasteiger partial charge in [0.15, 0.2) is 0 Å². The lowest BCUT2D eigenvalue weighted by atomic mass is 9.81. The third-order valence-corrected chi connectivity index (χ3v) is 4.86. The molecule has 0 bridgehead atoms. The van der Waals surface area contributed by atoms with Crippen LogP contribution in [0.3, 0.4) is 0 Å². The van der Waals surface area contributed by atoms with Gasteiger partial charge in [0.05, 0.1) is 12.5 Å². The van der Waals surface area contributed by atoms with Gasteiger partial charge in [-0.2, -0.15) is 5.10 Å². The summed E-state index contributed by atoms with van der Waals surface area (Å²) in [5, 5.41) is 16.4. The van der Waals surface area contributed by atoms with Crippen molar-refractivity contribution in [2.45, 2.75) is 38.8 Å². The first-order chi connectivity index (χ1) is 12.1. The average Bonchev–Trinajstić information content (AvgIpc) is 3.14. The molecule has 1 fully saturated rings. The molecule has 0 spiro atoms. The van der Waals surface area contributed by atoms with Crippen molar-refractivity contribution in [2.75, 3.05) is 0 Å². The highest BCUT2D eigenvalue weighted by molar-refractivity contribution is 5.80. The summed E-state index contributed by atoms with van der Waals surface area (Å²) in [7, 11) is 0. The van der Waals surface area contributed by atoms with Crippen molar-refractivity contribution in [2.24, 2.45) is 11.8 Å². The zero-order valence-corrected chi connectivity index (χ0v) is 14.1. The van der Waals surface area contributed by atoms with E-state index in [-0.39, 0.29) is 11.8 Å². The van der Waals surface area contributed by atoms with Crippen molar-refractivity contribution in [1.82, 2.24) is 15.1 Å². The highest BCUT2D eigenvalue weighted by Gasteiger charge is 2.30. The molecule has 2 atom stereocenters. The molecule has 1 amide bonds. The SMILES string of the molecule is O=C(O)C1CCCC(C(=O)NCc2ccccc2Cn2cccn2)C1. The van der Waals surface area contributed by atoms with Gasteiger partial charge in [-0.3, -0.25) is 14.3 Å². The van der Waals surface area contributed by atoms with Gasteiger partial charge in [0.25, 0.3) is 0 Å². The molecule has 1 heterocycles. The predicted molar refractivity (Wildman–Crippen MR) is 92.7 cm³/mol. The Hall–Kier alpha value is -2.63. The van der Waals surface area contributed by atoms with Gasteiger partial charge in [-0.1, -0.05) is 30.7 Å². The number of carbonyl (C=O) groups is 2. The summed E-state index contributed by atoms with van der Waals surface area (Å²) in [4.78, 5) is 23.6. The van der Waals surface area contributed by atoms with Crippen molar-refractivity contribution in [3.8, 4) is 0 Å². The van der Waals surface area contributed by atoms with Crippen LogP contribution in [0.15, 0.2) is 42.7 Å². The van der Waals surface area contributed by atoms with Gasteiger partial charge in [0.1, 0.15) is 0 Å². The smallest absolute Gasteiger partial charge is 0.306 e. The molecule has 1 aliphatic carbocycles. The number of hydrogen-bond donors (Lipinski definition) is 2. The molecular weight excluding hydrogens is 318 g/mol. The third-order valence-electron chi connectivity index (χ3n) is 4.86. The van der Waals surface area contributed by atoms with Crippen molar-refractivity contribution in [3.05, 3.63) is 53.9 Å². The quantitative estimate of drug-likeness (QED) is 0.845. The van der Waals surface area contributed by atoms with Gasteiger partial charge in [-0.15, -0.1) is 0 Å². The minimum atomic E-state index is -0.790. The van der Waals surface area contributed by atoms with E-state index in [2.05, 4.69) is 10.4 Å². The molecule has 2 N–H and O–H groups in total. The average molecular weight is 341 g/mol. The highest BCUT2D eigenvalue weighted by Crippen LogP contribution is 2.29. The molecule has 0 aliphatic heterocycles. The Labute approximate surface area is 146 Å². The van der Waals surface area contributed by atoms with Gasteiger partial charge in [-0.25, -0.2) is 0 Å². The minimum Gasteiger partial charge on any atom is -0.481 e. The van der Waals surface area contributed by atoms with E-state index in [9.17, 15) is 9.59 Å². The van der Waals surface area contributed by atoms with Crippen LogP contribution in [-0.2, 0) is 22.7 Å². The topological polar surface area (TPSA) is 84.2 Å². The van der Waals surface area contributed by atoms with E-state index >= 15 is 0 Å². The van der Waals surface area contributed by atoms with E-state index < -0.39 is 11.9 Å². The van der Waals surface area contributed by atoms with Crippen LogP contribution in [0.25, 0.3) is 0 Å². The van der Waals surface area contributed by atoms with E-state index in [0.29, 0.717) is 25.9 Å². The number of nitrogens with one attached hydrogen (secondary N) is 1. The highest BCUT2D eigenvalue weighted by atomic mass is 16.4. The van der Waals surface area contributed by atoms with Crippen molar-refractivity contribution >= 4 is 11.9 Å². The second-order valence-corrected chi connectivity index (χ2v) is 6.59. The maximum Gasteiger partial charge on any atom is 0.306 e. The number of carbonyl (C=O) groups excluding carboxylic acids is 1. The van der Waals surface area contributed by atoms with E-state index in [0.717, 1.165) is 24.0 Å². The molecule has 1 saturated carbocycles. The number of amides is 1. The largest absolute Gasteiger partial charge is 0.481 e. The standard InChI is InChI=1S/C19H23N3O3/c23-18(14-7-3-8-15(11-14)19(24)25)20-12-16-5-1-2-6-17(16)13-22-10-4-9-21-22/h1-2,4-6,9-10,14-15H,3,7-8,11-13H2,(H,20,23)(H,24,25). The Morgan fingerprint density at radius 3 is 2.64 bits per heavy atom. The first kappa shape index (κ1) is 17.2. The molecule has 132 valence electrons. The number of aromatic nitrogens is 2. The van der Waals surface area contributed by atoms with Crippen LogP contribution in [0.4, 0.5) is 0 Å². The summed E-state index contributed by atoms with van der Waals surface area (Å²) in [5.74, 6) is -1.42. The van der Waals surface area contributed by atoms with Crippen LogP contribution in [-0.4, -0.2) is 26.8 Å². The molecule has 6 heteroatoms. The second kappa shape index (κ2) is 7.96. The van der Waals surface area contributed by atoms with Crippen LogP contribution in [0.1, 0.15) is 36.8 Å². The summed E-state index contributed by atoms with van der Waals surface area (Å²) in [6.07, 6.45) is 6.33. The van der Waals surface area contributed by atoms with Crippen molar-refractivity contribution < 1.29 is 14.7 Å². The Morgan fingerprint density at radius 1 is 1.16 bits per heavy atom. The Bertz CT molecular complexity index is 727. The predicted octanol–water partition coefficient (Wildman–Crippen LogP) is 2.44. The molecule has 0 saturated heterocycles. The summed E-state index contributed by atoms with van der Waals surface area (Å²) in [5.41, 5.74) is 2.16. The molecule has 3 rings (SSSR count). The fraction of sp³-hybridized carbons (Fsp3) is 0.421. The summed E-state index contributed by atoms with van der Waals surface area (Å²) in [6, 6.07) is 9.84. The van der Waals surface area contributed by atoms with Gasteiger partial charge in [0, 0.05) is 24.9 Å². The van der Waals surface area contributed by atoms with Crippen LogP contribution in [0, 0.1) is 11.8 Å². The number of carboxylic acids is 1. The first-order valence-electron chi connectivity index (χ1n) is 8.68. The molecule has 6 nitrogen and oxygen atoms in total. The lowest BCUT2D eigenvalue weighted by Gasteiger charge is -2.25. The Morgan fingerprint density at radius 2 is 1.92 bits per heavy atom. The lowest BCUT2D eigenvalue weighted by molar-refractivity contribution is -0.144. The Balaban J connectivity index is 1.59. The molecular formula is C19H23N3O3. The molecule has 1 aromatic heterocycles. The monoisotopic (exact) mass is 341 g/mol. The minimum absolute atomic E-state index is 0.0418. The van der Waals surface area contributed by atoms with Gasteiger partial charge >= 0.3 is 5.97 Å². The van der Waals surface area contributed by atoms with Crippen molar-refractivity contribution in [1.29, 1.82) is 0 Å². The molecule has 1 aliphatic rings. The van der Waals surface area contributed by atoms with E-state index in [1.807, 2.05) is 41.2 Å². The third kappa shape index (κ3) is 4.47.